The third-order valence-corrected chi connectivity index (χ3v) is 4.95. The van der Waals surface area contributed by atoms with E-state index >= 15 is 0 Å². The Morgan fingerprint density at radius 3 is 2.55 bits per heavy atom. The van der Waals surface area contributed by atoms with E-state index in [1.54, 1.807) is 19.2 Å². The third kappa shape index (κ3) is 7.14. The molecular weight excluding hydrogens is 370 g/mol. The molecule has 2 amide bonds. The van der Waals surface area contributed by atoms with Crippen molar-refractivity contribution < 1.29 is 14.3 Å². The first-order valence-electron chi connectivity index (χ1n) is 10.2. The molecule has 2 rings (SSSR count). The Balaban J connectivity index is 1.80. The molecule has 1 fully saturated rings. The van der Waals surface area contributed by atoms with Crippen LogP contribution in [0.2, 0.25) is 0 Å². The van der Waals surface area contributed by atoms with Crippen molar-refractivity contribution in [1.29, 1.82) is 5.41 Å². The topological polar surface area (TPSA) is 107 Å². The number of anilines is 1. The average molecular weight is 404 g/mol. The van der Waals surface area contributed by atoms with Gasteiger partial charge in [-0.1, -0.05) is 18.2 Å². The SMILES string of the molecule is COCCCN1CCC(C(=O)NNC(=O)C(=N)c2ccccc2NC(C)C)CC1. The monoisotopic (exact) mass is 403 g/mol. The molecule has 0 atom stereocenters. The molecule has 1 aliphatic heterocycles. The van der Waals surface area contributed by atoms with Crippen LogP contribution in [-0.2, 0) is 14.3 Å². The van der Waals surface area contributed by atoms with Crippen LogP contribution in [-0.4, -0.2) is 61.8 Å². The summed E-state index contributed by atoms with van der Waals surface area (Å²) in [6.45, 7) is 7.42. The van der Waals surface area contributed by atoms with E-state index in [2.05, 4.69) is 21.1 Å². The largest absolute Gasteiger partial charge is 0.385 e. The van der Waals surface area contributed by atoms with Crippen LogP contribution in [0.15, 0.2) is 24.3 Å². The normalized spacial score (nSPS) is 15.2. The molecule has 8 nitrogen and oxygen atoms in total. The fraction of sp³-hybridized carbons (Fsp3) is 0.571. The van der Waals surface area contributed by atoms with Gasteiger partial charge in [-0.05, 0) is 52.3 Å². The van der Waals surface area contributed by atoms with Gasteiger partial charge in [0.05, 0.1) is 0 Å². The second-order valence-electron chi connectivity index (χ2n) is 7.63. The van der Waals surface area contributed by atoms with Crippen molar-refractivity contribution in [3.8, 4) is 0 Å². The van der Waals surface area contributed by atoms with Crippen LogP contribution < -0.4 is 16.2 Å². The molecule has 1 saturated heterocycles. The maximum absolute atomic E-state index is 12.4. The van der Waals surface area contributed by atoms with E-state index in [1.807, 2.05) is 26.0 Å². The summed E-state index contributed by atoms with van der Waals surface area (Å²) >= 11 is 0. The first-order valence-corrected chi connectivity index (χ1v) is 10.2. The molecule has 1 aromatic rings. The van der Waals surface area contributed by atoms with Gasteiger partial charge in [0.2, 0.25) is 5.91 Å². The molecule has 0 radical (unpaired) electrons. The highest BCUT2D eigenvalue weighted by Gasteiger charge is 2.25. The van der Waals surface area contributed by atoms with Crippen molar-refractivity contribution in [2.24, 2.45) is 5.92 Å². The first-order chi connectivity index (χ1) is 13.9. The number of para-hydroxylation sites is 1. The maximum Gasteiger partial charge on any atom is 0.288 e. The molecule has 0 saturated carbocycles. The van der Waals surface area contributed by atoms with Crippen LogP contribution in [0.3, 0.4) is 0 Å². The van der Waals surface area contributed by atoms with Crippen LogP contribution >= 0.6 is 0 Å². The highest BCUT2D eigenvalue weighted by molar-refractivity contribution is 6.45. The second-order valence-corrected chi connectivity index (χ2v) is 7.63. The van der Waals surface area contributed by atoms with Gasteiger partial charge in [-0.15, -0.1) is 0 Å². The summed E-state index contributed by atoms with van der Waals surface area (Å²) in [5.41, 5.74) is 5.91. The van der Waals surface area contributed by atoms with Gasteiger partial charge in [-0.25, -0.2) is 0 Å². The number of hydrazine groups is 1. The van der Waals surface area contributed by atoms with E-state index in [0.717, 1.165) is 51.2 Å². The van der Waals surface area contributed by atoms with Gasteiger partial charge in [-0.2, -0.15) is 0 Å². The molecule has 160 valence electrons. The zero-order chi connectivity index (χ0) is 21.2. The number of nitrogens with zero attached hydrogens (tertiary/aromatic N) is 1. The molecule has 1 aromatic carbocycles. The summed E-state index contributed by atoms with van der Waals surface area (Å²) in [6.07, 6.45) is 2.50. The van der Waals surface area contributed by atoms with Crippen molar-refractivity contribution in [1.82, 2.24) is 15.8 Å². The number of likely N-dealkylation sites (tertiary alicyclic amines) is 1. The van der Waals surface area contributed by atoms with Crippen molar-refractivity contribution in [3.63, 3.8) is 0 Å². The minimum Gasteiger partial charge on any atom is -0.385 e. The number of ether oxygens (including phenoxy) is 1. The van der Waals surface area contributed by atoms with Crippen molar-refractivity contribution in [2.75, 3.05) is 38.7 Å². The molecule has 0 spiro atoms. The molecule has 0 unspecified atom stereocenters. The Labute approximate surface area is 172 Å². The number of hydrogen-bond acceptors (Lipinski definition) is 6. The average Bonchev–Trinajstić information content (AvgIpc) is 2.72. The number of carbonyl (C=O) groups excluding carboxylic acids is 2. The molecule has 0 aliphatic carbocycles. The molecule has 0 aromatic heterocycles. The predicted molar refractivity (Wildman–Crippen MR) is 114 cm³/mol. The highest BCUT2D eigenvalue weighted by Crippen LogP contribution is 2.18. The Hall–Kier alpha value is -2.45. The van der Waals surface area contributed by atoms with Crippen molar-refractivity contribution in [2.45, 2.75) is 39.2 Å². The summed E-state index contributed by atoms with van der Waals surface area (Å²) in [7, 11) is 1.70. The van der Waals surface area contributed by atoms with E-state index in [4.69, 9.17) is 10.1 Å². The Morgan fingerprint density at radius 2 is 1.90 bits per heavy atom. The predicted octanol–water partition coefficient (Wildman–Crippen LogP) is 1.77. The van der Waals surface area contributed by atoms with Gasteiger partial charge >= 0.3 is 0 Å². The molecule has 29 heavy (non-hydrogen) atoms. The molecule has 8 heteroatoms. The van der Waals surface area contributed by atoms with Gasteiger partial charge in [0.15, 0.2) is 0 Å². The highest BCUT2D eigenvalue weighted by atomic mass is 16.5. The van der Waals surface area contributed by atoms with Gasteiger partial charge < -0.3 is 15.0 Å². The number of rotatable bonds is 9. The number of hydrogen-bond donors (Lipinski definition) is 4. The minimum absolute atomic E-state index is 0.127. The fourth-order valence-electron chi connectivity index (χ4n) is 3.39. The van der Waals surface area contributed by atoms with Crippen LogP contribution in [0.5, 0.6) is 0 Å². The Bertz CT molecular complexity index is 699. The smallest absolute Gasteiger partial charge is 0.288 e. The number of methoxy groups -OCH3 is 1. The number of benzene rings is 1. The zero-order valence-corrected chi connectivity index (χ0v) is 17.6. The lowest BCUT2D eigenvalue weighted by molar-refractivity contribution is -0.130. The van der Waals surface area contributed by atoms with Crippen LogP contribution in [0.1, 0.15) is 38.7 Å². The summed E-state index contributed by atoms with van der Waals surface area (Å²) in [5.74, 6) is -0.956. The van der Waals surface area contributed by atoms with E-state index in [0.29, 0.717) is 5.56 Å². The van der Waals surface area contributed by atoms with Crippen LogP contribution in [0.4, 0.5) is 5.69 Å². The van der Waals surface area contributed by atoms with Crippen LogP contribution in [0.25, 0.3) is 0 Å². The summed E-state index contributed by atoms with van der Waals surface area (Å²) in [5, 5.41) is 11.4. The molecule has 4 N–H and O–H groups in total. The second kappa shape index (κ2) is 11.5. The molecular formula is C21H33N5O3. The number of carbonyl (C=O) groups is 2. The van der Waals surface area contributed by atoms with E-state index < -0.39 is 5.91 Å². The number of amides is 2. The van der Waals surface area contributed by atoms with Gasteiger partial charge in [0.25, 0.3) is 5.91 Å². The summed E-state index contributed by atoms with van der Waals surface area (Å²) in [6, 6.07) is 7.35. The van der Waals surface area contributed by atoms with Gasteiger partial charge in [-0.3, -0.25) is 25.8 Å². The molecule has 1 heterocycles. The van der Waals surface area contributed by atoms with Crippen molar-refractivity contribution >= 4 is 23.2 Å². The lowest BCUT2D eigenvalue weighted by Gasteiger charge is -2.31. The number of nitrogens with one attached hydrogen (secondary N) is 4. The summed E-state index contributed by atoms with van der Waals surface area (Å²) < 4.78 is 5.07. The standard InChI is InChI=1S/C21H33N5O3/c1-15(2)23-18-8-5-4-7-17(18)19(22)21(28)25-24-20(27)16-9-12-26(13-10-16)11-6-14-29-3/h4-5,7-8,15-16,22-23H,6,9-14H2,1-3H3,(H,24,27)(H,25,28). The fourth-order valence-corrected chi connectivity index (χ4v) is 3.39. The maximum atomic E-state index is 12.4. The lowest BCUT2D eigenvalue weighted by Crippen LogP contribution is -2.49. The lowest BCUT2D eigenvalue weighted by atomic mass is 9.96. The van der Waals surface area contributed by atoms with Crippen LogP contribution in [0, 0.1) is 11.3 Å². The van der Waals surface area contributed by atoms with E-state index in [-0.39, 0.29) is 23.6 Å². The van der Waals surface area contributed by atoms with Gasteiger partial charge in [0.1, 0.15) is 5.71 Å². The Morgan fingerprint density at radius 1 is 1.21 bits per heavy atom. The summed E-state index contributed by atoms with van der Waals surface area (Å²) in [4.78, 5) is 27.1. The van der Waals surface area contributed by atoms with E-state index in [1.165, 1.54) is 0 Å². The van der Waals surface area contributed by atoms with Crippen molar-refractivity contribution in [3.05, 3.63) is 29.8 Å². The minimum atomic E-state index is -0.631. The molecule has 1 aliphatic rings. The zero-order valence-electron chi connectivity index (χ0n) is 17.6. The van der Waals surface area contributed by atoms with E-state index in [9.17, 15) is 9.59 Å². The number of piperidine rings is 1. The van der Waals surface area contributed by atoms with Gasteiger partial charge in [0, 0.05) is 43.5 Å². The Kier molecular flexibility index (Phi) is 9.08. The first kappa shape index (κ1) is 22.8. The third-order valence-electron chi connectivity index (χ3n) is 4.95. The quantitative estimate of drug-likeness (QED) is 0.286. The molecule has 0 bridgehead atoms.